The number of amides is 1. The van der Waals surface area contributed by atoms with Crippen LogP contribution in [0.25, 0.3) is 0 Å². The highest BCUT2D eigenvalue weighted by molar-refractivity contribution is 6.31. The van der Waals surface area contributed by atoms with Crippen LogP contribution in [0.15, 0.2) is 18.2 Å². The second-order valence-electron chi connectivity index (χ2n) is 5.56. The number of nitrogens with one attached hydrogen (secondary N) is 1. The van der Waals surface area contributed by atoms with Gasteiger partial charge in [-0.2, -0.15) is 0 Å². The summed E-state index contributed by atoms with van der Waals surface area (Å²) in [5.41, 5.74) is 1.74. The molecule has 1 N–H and O–H groups in total. The summed E-state index contributed by atoms with van der Waals surface area (Å²) in [5.74, 6) is 0.803. The molecule has 1 fully saturated rings. The summed E-state index contributed by atoms with van der Waals surface area (Å²) in [6.45, 7) is 7.86. The number of hydrogen-bond donors (Lipinski definition) is 1. The number of carbonyl (C=O) groups excluding carboxylic acids is 1. The number of piperidine rings is 1. The number of halogens is 1. The van der Waals surface area contributed by atoms with Gasteiger partial charge in [0.1, 0.15) is 0 Å². The van der Waals surface area contributed by atoms with Crippen molar-refractivity contribution in [2.45, 2.75) is 26.7 Å². The summed E-state index contributed by atoms with van der Waals surface area (Å²) in [7, 11) is 0. The van der Waals surface area contributed by atoms with E-state index >= 15 is 0 Å². The van der Waals surface area contributed by atoms with Crippen LogP contribution in [0.4, 0.5) is 0 Å². The van der Waals surface area contributed by atoms with E-state index in [1.807, 2.05) is 24.0 Å². The van der Waals surface area contributed by atoms with E-state index in [4.69, 9.17) is 11.6 Å². The summed E-state index contributed by atoms with van der Waals surface area (Å²) in [4.78, 5) is 14.4. The highest BCUT2D eigenvalue weighted by atomic mass is 35.5. The third-order valence-electron chi connectivity index (χ3n) is 3.87. The van der Waals surface area contributed by atoms with Crippen molar-refractivity contribution >= 4 is 17.5 Å². The Morgan fingerprint density at radius 1 is 1.35 bits per heavy atom. The van der Waals surface area contributed by atoms with E-state index in [0.717, 1.165) is 44.6 Å². The van der Waals surface area contributed by atoms with Gasteiger partial charge in [-0.3, -0.25) is 4.79 Å². The van der Waals surface area contributed by atoms with E-state index in [9.17, 15) is 4.79 Å². The summed E-state index contributed by atoms with van der Waals surface area (Å²) in [6, 6.07) is 5.56. The van der Waals surface area contributed by atoms with Gasteiger partial charge in [-0.05, 0) is 62.5 Å². The van der Waals surface area contributed by atoms with E-state index in [0.29, 0.717) is 16.5 Å². The molecule has 4 heteroatoms. The van der Waals surface area contributed by atoms with Gasteiger partial charge in [-0.1, -0.05) is 18.5 Å². The van der Waals surface area contributed by atoms with Crippen molar-refractivity contribution in [1.29, 1.82) is 0 Å². The van der Waals surface area contributed by atoms with E-state index in [2.05, 4.69) is 12.2 Å². The average Bonchev–Trinajstić information content (AvgIpc) is 2.44. The number of aryl methyl sites for hydroxylation is 1. The Kier molecular flexibility index (Phi) is 5.44. The maximum absolute atomic E-state index is 12.5. The quantitative estimate of drug-likeness (QED) is 0.925. The molecular formula is C16H23ClN2O. The molecule has 1 saturated heterocycles. The SMILES string of the molecule is CCNCC1CCN(C(=O)c2cc(C)cc(Cl)c2)CC1. The Hall–Kier alpha value is -1.06. The second-order valence-corrected chi connectivity index (χ2v) is 6.00. The van der Waals surface area contributed by atoms with Crippen LogP contribution in [0.1, 0.15) is 35.7 Å². The van der Waals surface area contributed by atoms with Gasteiger partial charge >= 0.3 is 0 Å². The molecule has 1 aromatic rings. The molecule has 20 heavy (non-hydrogen) atoms. The molecule has 3 nitrogen and oxygen atoms in total. The number of benzene rings is 1. The van der Waals surface area contributed by atoms with Crippen molar-refractivity contribution in [3.05, 3.63) is 34.3 Å². The number of hydrogen-bond acceptors (Lipinski definition) is 2. The van der Waals surface area contributed by atoms with Crippen molar-refractivity contribution in [1.82, 2.24) is 10.2 Å². The minimum atomic E-state index is 0.109. The summed E-state index contributed by atoms with van der Waals surface area (Å²) in [5, 5.41) is 4.02. The van der Waals surface area contributed by atoms with Crippen molar-refractivity contribution in [3.63, 3.8) is 0 Å². The molecule has 1 aromatic carbocycles. The Morgan fingerprint density at radius 3 is 2.65 bits per heavy atom. The minimum absolute atomic E-state index is 0.109. The van der Waals surface area contributed by atoms with Crippen molar-refractivity contribution in [2.75, 3.05) is 26.2 Å². The number of carbonyl (C=O) groups is 1. The summed E-state index contributed by atoms with van der Waals surface area (Å²) in [6.07, 6.45) is 2.16. The Morgan fingerprint density at radius 2 is 2.05 bits per heavy atom. The molecule has 1 heterocycles. The number of nitrogens with zero attached hydrogens (tertiary/aromatic N) is 1. The van der Waals surface area contributed by atoms with Gasteiger partial charge in [-0.25, -0.2) is 0 Å². The molecule has 0 spiro atoms. The van der Waals surface area contributed by atoms with Gasteiger partial charge in [0.25, 0.3) is 5.91 Å². The van der Waals surface area contributed by atoms with Crippen LogP contribution in [0.2, 0.25) is 5.02 Å². The summed E-state index contributed by atoms with van der Waals surface area (Å²) < 4.78 is 0. The average molecular weight is 295 g/mol. The Labute approximate surface area is 126 Å². The second kappa shape index (κ2) is 7.09. The molecule has 0 radical (unpaired) electrons. The molecule has 0 saturated carbocycles. The zero-order valence-corrected chi connectivity index (χ0v) is 13.0. The van der Waals surface area contributed by atoms with Crippen LogP contribution in [-0.2, 0) is 0 Å². The topological polar surface area (TPSA) is 32.3 Å². The van der Waals surface area contributed by atoms with Crippen LogP contribution < -0.4 is 5.32 Å². The molecule has 1 aliphatic rings. The van der Waals surface area contributed by atoms with Crippen LogP contribution in [0, 0.1) is 12.8 Å². The lowest BCUT2D eigenvalue weighted by Gasteiger charge is -2.32. The van der Waals surface area contributed by atoms with Gasteiger partial charge in [0.2, 0.25) is 0 Å². The molecule has 0 aromatic heterocycles. The molecule has 0 unspecified atom stereocenters. The number of rotatable bonds is 4. The van der Waals surface area contributed by atoms with Crippen molar-refractivity contribution < 1.29 is 4.79 Å². The fourth-order valence-electron chi connectivity index (χ4n) is 2.73. The number of likely N-dealkylation sites (tertiary alicyclic amines) is 1. The van der Waals surface area contributed by atoms with E-state index in [-0.39, 0.29) is 5.91 Å². The molecule has 1 amide bonds. The van der Waals surface area contributed by atoms with Crippen LogP contribution in [0.3, 0.4) is 0 Å². The lowest BCUT2D eigenvalue weighted by molar-refractivity contribution is 0.0690. The van der Waals surface area contributed by atoms with Gasteiger partial charge in [0.15, 0.2) is 0 Å². The first kappa shape index (κ1) is 15.3. The first-order valence-corrected chi connectivity index (χ1v) is 7.75. The molecule has 0 bridgehead atoms. The van der Waals surface area contributed by atoms with Gasteiger partial charge < -0.3 is 10.2 Å². The van der Waals surface area contributed by atoms with Crippen molar-refractivity contribution in [3.8, 4) is 0 Å². The largest absolute Gasteiger partial charge is 0.339 e. The first-order chi connectivity index (χ1) is 9.60. The molecule has 0 atom stereocenters. The molecule has 0 aliphatic carbocycles. The highest BCUT2D eigenvalue weighted by Crippen LogP contribution is 2.21. The minimum Gasteiger partial charge on any atom is -0.339 e. The zero-order chi connectivity index (χ0) is 14.5. The molecular weight excluding hydrogens is 272 g/mol. The lowest BCUT2D eigenvalue weighted by atomic mass is 9.96. The third kappa shape index (κ3) is 3.97. The van der Waals surface area contributed by atoms with Gasteiger partial charge in [0, 0.05) is 23.7 Å². The smallest absolute Gasteiger partial charge is 0.253 e. The molecule has 1 aliphatic heterocycles. The Bertz CT molecular complexity index is 447. The van der Waals surface area contributed by atoms with Crippen LogP contribution >= 0.6 is 11.6 Å². The van der Waals surface area contributed by atoms with Crippen molar-refractivity contribution in [2.24, 2.45) is 5.92 Å². The van der Waals surface area contributed by atoms with Gasteiger partial charge in [-0.15, -0.1) is 0 Å². The predicted octanol–water partition coefficient (Wildman–Crippen LogP) is 3.11. The standard InChI is InChI=1S/C16H23ClN2O/c1-3-18-11-13-4-6-19(7-5-13)16(20)14-8-12(2)9-15(17)10-14/h8-10,13,18H,3-7,11H2,1-2H3. The monoisotopic (exact) mass is 294 g/mol. The predicted molar refractivity (Wildman–Crippen MR) is 83.4 cm³/mol. The lowest BCUT2D eigenvalue weighted by Crippen LogP contribution is -2.40. The maximum Gasteiger partial charge on any atom is 0.253 e. The van der Waals surface area contributed by atoms with E-state index < -0.39 is 0 Å². The fourth-order valence-corrected chi connectivity index (χ4v) is 3.02. The molecule has 110 valence electrons. The highest BCUT2D eigenvalue weighted by Gasteiger charge is 2.23. The zero-order valence-electron chi connectivity index (χ0n) is 12.3. The normalized spacial score (nSPS) is 16.4. The molecule has 2 rings (SSSR count). The van der Waals surface area contributed by atoms with E-state index in [1.165, 1.54) is 0 Å². The first-order valence-electron chi connectivity index (χ1n) is 7.37. The van der Waals surface area contributed by atoms with Crippen LogP contribution in [0.5, 0.6) is 0 Å². The Balaban J connectivity index is 1.94. The van der Waals surface area contributed by atoms with Gasteiger partial charge in [0.05, 0.1) is 0 Å². The fraction of sp³-hybridized carbons (Fsp3) is 0.562. The van der Waals surface area contributed by atoms with E-state index in [1.54, 1.807) is 6.07 Å². The maximum atomic E-state index is 12.5. The summed E-state index contributed by atoms with van der Waals surface area (Å²) >= 11 is 6.03. The third-order valence-corrected chi connectivity index (χ3v) is 4.09. The van der Waals surface area contributed by atoms with Crippen LogP contribution in [-0.4, -0.2) is 37.0 Å².